The number of thiazole rings is 1. The fraction of sp³-hybridized carbons (Fsp3) is 0.444. The molecule has 0 saturated carbocycles. The van der Waals surface area contributed by atoms with Gasteiger partial charge >= 0.3 is 6.18 Å². The number of nitro groups is 1. The Kier molecular flexibility index (Phi) is 11.0. The van der Waals surface area contributed by atoms with E-state index >= 15 is 0 Å². The predicted molar refractivity (Wildman–Crippen MR) is 122 cm³/mol. The number of aryl methyl sites for hydroxylation is 1. The number of unbranched alkanes of at least 4 members (excludes halogenated alkanes) is 1. The number of hydrogen-bond donors (Lipinski definition) is 2. The quantitative estimate of drug-likeness (QED) is 0.119. The normalized spacial score (nSPS) is 11.7. The molecular formula is C18H23F3IN5O2S. The molecule has 12 heteroatoms. The molecule has 0 aliphatic carbocycles. The van der Waals surface area contributed by atoms with E-state index in [-0.39, 0.29) is 29.7 Å². The van der Waals surface area contributed by atoms with Crippen LogP contribution < -0.4 is 10.6 Å². The van der Waals surface area contributed by atoms with Crippen LogP contribution in [0.25, 0.3) is 0 Å². The second-order valence-corrected chi connectivity index (χ2v) is 7.12. The van der Waals surface area contributed by atoms with Gasteiger partial charge in [0.25, 0.3) is 5.69 Å². The molecule has 1 aromatic carbocycles. The first-order chi connectivity index (χ1) is 13.8. The van der Waals surface area contributed by atoms with E-state index in [0.717, 1.165) is 41.5 Å². The number of benzene rings is 1. The number of non-ortho nitro benzene ring substituents is 1. The van der Waals surface area contributed by atoms with E-state index in [2.05, 4.69) is 20.6 Å². The molecule has 166 valence electrons. The van der Waals surface area contributed by atoms with Crippen molar-refractivity contribution in [3.63, 3.8) is 0 Å². The first-order valence-corrected chi connectivity index (χ1v) is 9.87. The summed E-state index contributed by atoms with van der Waals surface area (Å²) in [6.45, 7) is 1.11. The van der Waals surface area contributed by atoms with Gasteiger partial charge in [-0.2, -0.15) is 13.2 Å². The van der Waals surface area contributed by atoms with Crippen molar-refractivity contribution in [2.75, 3.05) is 20.1 Å². The smallest absolute Gasteiger partial charge is 0.356 e. The van der Waals surface area contributed by atoms with Crippen molar-refractivity contribution in [1.82, 2.24) is 15.6 Å². The van der Waals surface area contributed by atoms with Crippen LogP contribution in [0, 0.1) is 10.1 Å². The Morgan fingerprint density at radius 2 is 1.83 bits per heavy atom. The van der Waals surface area contributed by atoms with Gasteiger partial charge in [0, 0.05) is 44.1 Å². The minimum atomic E-state index is -4.41. The molecule has 0 aliphatic heterocycles. The second kappa shape index (κ2) is 12.7. The van der Waals surface area contributed by atoms with Crippen LogP contribution in [0.2, 0.25) is 0 Å². The van der Waals surface area contributed by atoms with Gasteiger partial charge in [0.05, 0.1) is 9.93 Å². The molecule has 1 heterocycles. The molecule has 0 amide bonds. The third-order valence-electron chi connectivity index (χ3n) is 4.03. The van der Waals surface area contributed by atoms with Crippen molar-refractivity contribution >= 4 is 47.0 Å². The van der Waals surface area contributed by atoms with Crippen LogP contribution in [-0.2, 0) is 19.0 Å². The number of hydrogen-bond acceptors (Lipinski definition) is 5. The van der Waals surface area contributed by atoms with Crippen molar-refractivity contribution in [3.8, 4) is 0 Å². The number of nitrogens with zero attached hydrogens (tertiary/aromatic N) is 3. The zero-order chi connectivity index (χ0) is 21.3. The molecule has 2 N–H and O–H groups in total. The summed E-state index contributed by atoms with van der Waals surface area (Å²) in [6.07, 6.45) is -1.44. The lowest BCUT2D eigenvalue weighted by Gasteiger charge is -2.11. The summed E-state index contributed by atoms with van der Waals surface area (Å²) in [5.74, 6) is 0.577. The number of rotatable bonds is 9. The fourth-order valence-electron chi connectivity index (χ4n) is 2.51. The summed E-state index contributed by atoms with van der Waals surface area (Å²) in [7, 11) is 1.62. The highest BCUT2D eigenvalue weighted by molar-refractivity contribution is 14.0. The first kappa shape index (κ1) is 26.1. The number of nitro benzene ring substituents is 1. The number of nitrogens with one attached hydrogen (secondary N) is 2. The zero-order valence-corrected chi connectivity index (χ0v) is 19.4. The maximum absolute atomic E-state index is 12.5. The molecule has 2 aromatic rings. The number of aliphatic imine (C=N–C) groups is 1. The van der Waals surface area contributed by atoms with Crippen molar-refractivity contribution in [1.29, 1.82) is 0 Å². The molecule has 0 fully saturated rings. The topological polar surface area (TPSA) is 92.5 Å². The van der Waals surface area contributed by atoms with Gasteiger partial charge in [0.2, 0.25) is 0 Å². The third kappa shape index (κ3) is 8.81. The Hall–Kier alpha value is -1.96. The van der Waals surface area contributed by atoms with Crippen LogP contribution in [-0.4, -0.2) is 36.0 Å². The van der Waals surface area contributed by atoms with Gasteiger partial charge in [-0.15, -0.1) is 35.3 Å². The van der Waals surface area contributed by atoms with Crippen LogP contribution >= 0.6 is 35.3 Å². The Morgan fingerprint density at radius 1 is 1.17 bits per heavy atom. The van der Waals surface area contributed by atoms with Gasteiger partial charge in [-0.05, 0) is 24.8 Å². The number of guanidine groups is 1. The van der Waals surface area contributed by atoms with Crippen molar-refractivity contribution in [2.45, 2.75) is 31.9 Å². The van der Waals surface area contributed by atoms with Crippen molar-refractivity contribution in [2.24, 2.45) is 4.99 Å². The molecule has 30 heavy (non-hydrogen) atoms. The van der Waals surface area contributed by atoms with Gasteiger partial charge in [-0.1, -0.05) is 12.1 Å². The van der Waals surface area contributed by atoms with Gasteiger partial charge in [-0.25, -0.2) is 4.98 Å². The minimum Gasteiger partial charge on any atom is -0.356 e. The minimum absolute atomic E-state index is 0. The summed E-state index contributed by atoms with van der Waals surface area (Å²) in [5.41, 5.74) is 0.269. The van der Waals surface area contributed by atoms with E-state index < -0.39 is 16.8 Å². The summed E-state index contributed by atoms with van der Waals surface area (Å²) < 4.78 is 37.6. The molecule has 2 rings (SSSR count). The average Bonchev–Trinajstić information content (AvgIpc) is 3.16. The van der Waals surface area contributed by atoms with Crippen molar-refractivity contribution < 1.29 is 18.1 Å². The summed E-state index contributed by atoms with van der Waals surface area (Å²) in [4.78, 5) is 17.9. The lowest BCUT2D eigenvalue weighted by molar-refractivity contribution is -0.384. The molecule has 0 spiro atoms. The highest BCUT2D eigenvalue weighted by Gasteiger charge is 2.33. The monoisotopic (exact) mass is 557 g/mol. The van der Waals surface area contributed by atoms with Crippen LogP contribution in [0.1, 0.15) is 29.1 Å². The molecular weight excluding hydrogens is 534 g/mol. The van der Waals surface area contributed by atoms with Gasteiger partial charge in [-0.3, -0.25) is 15.1 Å². The Bertz CT molecular complexity index is 828. The first-order valence-electron chi connectivity index (χ1n) is 8.99. The molecule has 1 aromatic heterocycles. The van der Waals surface area contributed by atoms with Gasteiger partial charge < -0.3 is 10.6 Å². The Labute approximate surface area is 193 Å². The Morgan fingerprint density at radius 3 is 2.40 bits per heavy atom. The van der Waals surface area contributed by atoms with E-state index in [9.17, 15) is 23.3 Å². The lowest BCUT2D eigenvalue weighted by Crippen LogP contribution is -2.38. The average molecular weight is 557 g/mol. The number of alkyl halides is 3. The summed E-state index contributed by atoms with van der Waals surface area (Å²) in [6, 6.07) is 6.52. The third-order valence-corrected chi connectivity index (χ3v) is 4.94. The van der Waals surface area contributed by atoms with Crippen molar-refractivity contribution in [3.05, 3.63) is 56.0 Å². The molecule has 7 nitrogen and oxygen atoms in total. The van der Waals surface area contributed by atoms with E-state index in [0.29, 0.717) is 30.5 Å². The second-order valence-electron chi connectivity index (χ2n) is 6.18. The molecule has 0 radical (unpaired) electrons. The lowest BCUT2D eigenvalue weighted by atomic mass is 10.1. The molecule has 0 atom stereocenters. The van der Waals surface area contributed by atoms with E-state index in [1.807, 2.05) is 0 Å². The predicted octanol–water partition coefficient (Wildman–Crippen LogP) is 4.42. The van der Waals surface area contributed by atoms with E-state index in [1.165, 1.54) is 12.1 Å². The van der Waals surface area contributed by atoms with Gasteiger partial charge in [0.15, 0.2) is 11.7 Å². The standard InChI is InChI=1S/C18H22F3N5O2S.HI/c1-22-17(24-11-9-16-25-15(12-29-16)18(19,20)21)23-10-3-2-4-13-5-7-14(8-6-13)26(27)28;/h5-8,12H,2-4,9-11H2,1H3,(H2,22,23,24);1H. The van der Waals surface area contributed by atoms with Crippen LogP contribution in [0.4, 0.5) is 18.9 Å². The van der Waals surface area contributed by atoms with Crippen LogP contribution in [0.5, 0.6) is 0 Å². The zero-order valence-electron chi connectivity index (χ0n) is 16.2. The largest absolute Gasteiger partial charge is 0.434 e. The highest BCUT2D eigenvalue weighted by Crippen LogP contribution is 2.30. The summed E-state index contributed by atoms with van der Waals surface area (Å²) in [5, 5.41) is 18.3. The number of halogens is 4. The van der Waals surface area contributed by atoms with Crippen LogP contribution in [0.3, 0.4) is 0 Å². The van der Waals surface area contributed by atoms with E-state index in [1.54, 1.807) is 19.2 Å². The molecule has 0 aliphatic rings. The maximum Gasteiger partial charge on any atom is 0.434 e. The molecule has 0 bridgehead atoms. The molecule has 0 saturated heterocycles. The highest BCUT2D eigenvalue weighted by atomic mass is 127. The molecule has 0 unspecified atom stereocenters. The summed E-state index contributed by atoms with van der Waals surface area (Å²) >= 11 is 0.992. The Balaban J connectivity index is 0.00000450. The SMILES string of the molecule is CN=C(NCCCCc1ccc([N+](=O)[O-])cc1)NCCc1nc(C(F)(F)F)cs1.I. The van der Waals surface area contributed by atoms with Gasteiger partial charge in [0.1, 0.15) is 0 Å². The van der Waals surface area contributed by atoms with E-state index in [4.69, 9.17) is 0 Å². The van der Waals surface area contributed by atoms with Crippen LogP contribution in [0.15, 0.2) is 34.6 Å². The number of aromatic nitrogens is 1. The fourth-order valence-corrected chi connectivity index (χ4v) is 3.31. The maximum atomic E-state index is 12.5.